The molecule has 1 heterocycles. The monoisotopic (exact) mass is 458 g/mol. The predicted molar refractivity (Wildman–Crippen MR) is 113 cm³/mol. The topological polar surface area (TPSA) is 88.4 Å². The molecule has 7 nitrogen and oxygen atoms in total. The summed E-state index contributed by atoms with van der Waals surface area (Å²) in [4.78, 5) is 23.7. The minimum atomic E-state index is -1.09. The summed E-state index contributed by atoms with van der Waals surface area (Å²) in [7, 11) is 0. The van der Waals surface area contributed by atoms with Crippen molar-refractivity contribution < 1.29 is 24.2 Å². The van der Waals surface area contributed by atoms with E-state index in [0.717, 1.165) is 0 Å². The standard InChI is InChI=1S/C21H19BrN2O5/c1-3-28-18-11-14(10-17(22)20(18)29-12-19(25)26)9-16-13(2)23-24(21(16)27)15-7-5-4-6-8-15/h4-11H,3,12H2,1-2H3,(H,25,26)/b16-9+. The third-order valence-corrected chi connectivity index (χ3v) is 4.64. The normalized spacial score (nSPS) is 14.9. The van der Waals surface area contributed by atoms with E-state index in [1.54, 1.807) is 25.1 Å². The van der Waals surface area contributed by atoms with Crippen LogP contribution < -0.4 is 14.5 Å². The maximum atomic E-state index is 12.9. The summed E-state index contributed by atoms with van der Waals surface area (Å²) in [5.41, 5.74) is 2.44. The lowest BCUT2D eigenvalue weighted by Gasteiger charge is -2.14. The molecule has 3 rings (SSSR count). The van der Waals surface area contributed by atoms with Crippen molar-refractivity contribution in [1.82, 2.24) is 0 Å². The minimum absolute atomic E-state index is 0.228. The Labute approximate surface area is 176 Å². The second-order valence-electron chi connectivity index (χ2n) is 6.14. The van der Waals surface area contributed by atoms with Crippen LogP contribution in [0.1, 0.15) is 19.4 Å². The Balaban J connectivity index is 1.94. The number of carboxylic acid groups (broad SMARTS) is 1. The number of anilines is 1. The lowest BCUT2D eigenvalue weighted by molar-refractivity contribution is -0.139. The Morgan fingerprint density at radius 1 is 1.24 bits per heavy atom. The lowest BCUT2D eigenvalue weighted by Crippen LogP contribution is -2.21. The first-order chi connectivity index (χ1) is 13.9. The van der Waals surface area contributed by atoms with Gasteiger partial charge in [0.15, 0.2) is 18.1 Å². The van der Waals surface area contributed by atoms with Gasteiger partial charge in [0.1, 0.15) is 0 Å². The molecule has 0 spiro atoms. The minimum Gasteiger partial charge on any atom is -0.490 e. The van der Waals surface area contributed by atoms with Gasteiger partial charge in [-0.2, -0.15) is 10.1 Å². The molecule has 0 unspecified atom stereocenters. The predicted octanol–water partition coefficient (Wildman–Crippen LogP) is 4.12. The number of carboxylic acids is 1. The first kappa shape index (κ1) is 20.6. The Morgan fingerprint density at radius 3 is 2.62 bits per heavy atom. The fourth-order valence-electron chi connectivity index (χ4n) is 2.80. The highest BCUT2D eigenvalue weighted by atomic mass is 79.9. The van der Waals surface area contributed by atoms with E-state index >= 15 is 0 Å². The highest BCUT2D eigenvalue weighted by Crippen LogP contribution is 2.38. The van der Waals surface area contributed by atoms with Crippen LogP contribution in [0.2, 0.25) is 0 Å². The number of hydrogen-bond acceptors (Lipinski definition) is 5. The van der Waals surface area contributed by atoms with Crippen molar-refractivity contribution in [2.24, 2.45) is 5.10 Å². The smallest absolute Gasteiger partial charge is 0.341 e. The number of carbonyl (C=O) groups excluding carboxylic acids is 1. The van der Waals surface area contributed by atoms with Gasteiger partial charge in [0.2, 0.25) is 0 Å². The van der Waals surface area contributed by atoms with Crippen LogP contribution in [-0.4, -0.2) is 35.9 Å². The number of para-hydroxylation sites is 1. The van der Waals surface area contributed by atoms with Gasteiger partial charge in [0.05, 0.1) is 28.1 Å². The van der Waals surface area contributed by atoms with Crippen LogP contribution in [0.4, 0.5) is 5.69 Å². The highest BCUT2D eigenvalue weighted by Gasteiger charge is 2.28. The van der Waals surface area contributed by atoms with Gasteiger partial charge in [-0.3, -0.25) is 4.79 Å². The molecule has 0 radical (unpaired) electrons. The number of carbonyl (C=O) groups is 2. The van der Waals surface area contributed by atoms with Crippen molar-refractivity contribution in [1.29, 1.82) is 0 Å². The fraction of sp³-hybridized carbons (Fsp3) is 0.190. The number of benzene rings is 2. The second kappa shape index (κ2) is 8.91. The van der Waals surface area contributed by atoms with E-state index in [1.165, 1.54) is 5.01 Å². The highest BCUT2D eigenvalue weighted by molar-refractivity contribution is 9.10. The van der Waals surface area contributed by atoms with E-state index in [4.69, 9.17) is 14.6 Å². The Hall–Kier alpha value is -3.13. The summed E-state index contributed by atoms with van der Waals surface area (Å²) in [5.74, 6) is -0.635. The molecule has 0 bridgehead atoms. The number of hydrogen-bond donors (Lipinski definition) is 1. The molecule has 0 atom stereocenters. The quantitative estimate of drug-likeness (QED) is 0.630. The molecule has 8 heteroatoms. The summed E-state index contributed by atoms with van der Waals surface area (Å²) in [6.45, 7) is 3.47. The van der Waals surface area contributed by atoms with E-state index in [2.05, 4.69) is 21.0 Å². The molecule has 0 saturated heterocycles. The molecule has 1 N–H and O–H groups in total. The summed E-state index contributed by atoms with van der Waals surface area (Å²) < 4.78 is 11.5. The third kappa shape index (κ3) is 4.65. The Bertz CT molecular complexity index is 1000. The number of halogens is 1. The molecule has 1 amide bonds. The van der Waals surface area contributed by atoms with Gasteiger partial charge in [0, 0.05) is 0 Å². The average molecular weight is 459 g/mol. The summed E-state index contributed by atoms with van der Waals surface area (Å²) in [5, 5.41) is 14.6. The number of hydrazone groups is 1. The Kier molecular flexibility index (Phi) is 6.33. The zero-order valence-corrected chi connectivity index (χ0v) is 17.5. The van der Waals surface area contributed by atoms with Crippen LogP contribution in [0.25, 0.3) is 6.08 Å². The maximum absolute atomic E-state index is 12.9. The van der Waals surface area contributed by atoms with E-state index < -0.39 is 12.6 Å². The van der Waals surface area contributed by atoms with Crippen LogP contribution in [0.5, 0.6) is 11.5 Å². The molecule has 1 aliphatic rings. The summed E-state index contributed by atoms with van der Waals surface area (Å²) >= 11 is 3.39. The number of ether oxygens (including phenoxy) is 2. The zero-order valence-electron chi connectivity index (χ0n) is 15.9. The molecule has 2 aromatic rings. The van der Waals surface area contributed by atoms with Crippen LogP contribution in [0, 0.1) is 0 Å². The molecule has 2 aromatic carbocycles. The number of rotatable bonds is 7. The molecular formula is C21H19BrN2O5. The second-order valence-corrected chi connectivity index (χ2v) is 7.00. The van der Waals surface area contributed by atoms with Crippen molar-refractivity contribution in [3.63, 3.8) is 0 Å². The molecule has 29 heavy (non-hydrogen) atoms. The number of nitrogens with zero attached hydrogens (tertiary/aromatic N) is 2. The van der Waals surface area contributed by atoms with Crippen LogP contribution in [0.3, 0.4) is 0 Å². The SMILES string of the molecule is CCOc1cc(/C=C2/C(=O)N(c3ccccc3)N=C2C)cc(Br)c1OCC(=O)O. The largest absolute Gasteiger partial charge is 0.490 e. The number of amides is 1. The number of aliphatic carboxylic acids is 1. The fourth-order valence-corrected chi connectivity index (χ4v) is 3.38. The molecule has 0 aliphatic carbocycles. The van der Waals surface area contributed by atoms with Gasteiger partial charge in [-0.05, 0) is 65.7 Å². The summed E-state index contributed by atoms with van der Waals surface area (Å²) in [6, 6.07) is 12.6. The third-order valence-electron chi connectivity index (χ3n) is 4.05. The van der Waals surface area contributed by atoms with Gasteiger partial charge < -0.3 is 14.6 Å². The van der Waals surface area contributed by atoms with Crippen molar-refractivity contribution in [2.45, 2.75) is 13.8 Å². The zero-order chi connectivity index (χ0) is 21.0. The first-order valence-electron chi connectivity index (χ1n) is 8.88. The molecule has 150 valence electrons. The maximum Gasteiger partial charge on any atom is 0.341 e. The van der Waals surface area contributed by atoms with Crippen molar-refractivity contribution in [3.05, 3.63) is 58.1 Å². The van der Waals surface area contributed by atoms with Gasteiger partial charge in [-0.1, -0.05) is 18.2 Å². The molecule has 0 saturated carbocycles. The van der Waals surface area contributed by atoms with E-state index in [1.807, 2.05) is 37.3 Å². The van der Waals surface area contributed by atoms with E-state index in [0.29, 0.717) is 45.1 Å². The van der Waals surface area contributed by atoms with Gasteiger partial charge >= 0.3 is 5.97 Å². The van der Waals surface area contributed by atoms with Gasteiger partial charge in [-0.15, -0.1) is 0 Å². The average Bonchev–Trinajstić information content (AvgIpc) is 2.96. The van der Waals surface area contributed by atoms with Crippen LogP contribution >= 0.6 is 15.9 Å². The van der Waals surface area contributed by atoms with E-state index in [9.17, 15) is 9.59 Å². The van der Waals surface area contributed by atoms with Crippen molar-refractivity contribution >= 4 is 45.3 Å². The van der Waals surface area contributed by atoms with Crippen LogP contribution in [-0.2, 0) is 9.59 Å². The lowest BCUT2D eigenvalue weighted by atomic mass is 10.1. The van der Waals surface area contributed by atoms with Crippen molar-refractivity contribution in [2.75, 3.05) is 18.2 Å². The van der Waals surface area contributed by atoms with Crippen molar-refractivity contribution in [3.8, 4) is 11.5 Å². The molecular weight excluding hydrogens is 440 g/mol. The molecule has 1 aliphatic heterocycles. The van der Waals surface area contributed by atoms with Gasteiger partial charge in [-0.25, -0.2) is 4.79 Å². The van der Waals surface area contributed by atoms with Crippen LogP contribution in [0.15, 0.2) is 57.6 Å². The first-order valence-corrected chi connectivity index (χ1v) is 9.67. The molecule has 0 fully saturated rings. The van der Waals surface area contributed by atoms with Gasteiger partial charge in [0.25, 0.3) is 5.91 Å². The Morgan fingerprint density at radius 2 is 1.97 bits per heavy atom. The molecule has 0 aromatic heterocycles. The summed E-state index contributed by atoms with van der Waals surface area (Å²) in [6.07, 6.45) is 1.72. The van der Waals surface area contributed by atoms with E-state index in [-0.39, 0.29) is 5.91 Å².